The highest BCUT2D eigenvalue weighted by molar-refractivity contribution is 6.31. The Morgan fingerprint density at radius 2 is 1.50 bits per heavy atom. The number of nitriles is 2. The summed E-state index contributed by atoms with van der Waals surface area (Å²) in [6.45, 7) is 1.37. The largest absolute Gasteiger partial charge is 0.227 e. The third kappa shape index (κ3) is 1.90. The maximum absolute atomic E-state index is 8.76. The fraction of sp³-hybridized carbons (Fsp3) is 0.286. The molecule has 1 rings (SSSR count). The molecule has 0 radical (unpaired) electrons. The van der Waals surface area contributed by atoms with E-state index < -0.39 is 5.41 Å². The molecule has 0 amide bonds. The molecule has 0 fully saturated rings. The van der Waals surface area contributed by atoms with Crippen LogP contribution in [0.4, 0.5) is 0 Å². The van der Waals surface area contributed by atoms with Gasteiger partial charge in [-0.15, -0.1) is 0 Å². The van der Waals surface area contributed by atoms with Gasteiger partial charge in [-0.1, -0.05) is 0 Å². The zero-order valence-corrected chi connectivity index (χ0v) is 8.50. The Morgan fingerprint density at radius 3 is 1.86 bits per heavy atom. The second-order valence-electron chi connectivity index (χ2n) is 2.55. The number of hydrogen-bond donors (Lipinski definition) is 0. The Hall–Kier alpha value is -1.43. The third-order valence-corrected chi connectivity index (χ3v) is 1.81. The molecule has 0 aliphatic carbocycles. The van der Waals surface area contributed by atoms with Gasteiger partial charge in [0.15, 0.2) is 11.2 Å². The Labute approximate surface area is 89.9 Å². The lowest BCUT2D eigenvalue weighted by Gasteiger charge is -2.09. The Kier molecular flexibility index (Phi) is 2.85. The van der Waals surface area contributed by atoms with Crippen molar-refractivity contribution < 1.29 is 0 Å². The molecule has 5 nitrogen and oxygen atoms in total. The van der Waals surface area contributed by atoms with E-state index in [-0.39, 0.29) is 16.4 Å². The summed E-state index contributed by atoms with van der Waals surface area (Å²) in [5.74, 6) is -0.0486. The Bertz CT molecular complexity index is 410. The van der Waals surface area contributed by atoms with E-state index in [4.69, 9.17) is 33.7 Å². The number of halogens is 2. The molecule has 1 aromatic rings. The van der Waals surface area contributed by atoms with Crippen molar-refractivity contribution in [3.63, 3.8) is 0 Å². The van der Waals surface area contributed by atoms with Gasteiger partial charge in [-0.25, -0.2) is 0 Å². The molecule has 0 spiro atoms. The topological polar surface area (TPSA) is 86.2 Å². The molecule has 0 saturated carbocycles. The van der Waals surface area contributed by atoms with Crippen LogP contribution in [0.5, 0.6) is 0 Å². The van der Waals surface area contributed by atoms with Gasteiger partial charge in [0.2, 0.25) is 10.6 Å². The van der Waals surface area contributed by atoms with E-state index >= 15 is 0 Å². The molecule has 14 heavy (non-hydrogen) atoms. The van der Waals surface area contributed by atoms with Gasteiger partial charge < -0.3 is 0 Å². The van der Waals surface area contributed by atoms with E-state index in [1.807, 2.05) is 0 Å². The van der Waals surface area contributed by atoms with Crippen molar-refractivity contribution in [3.05, 3.63) is 16.4 Å². The van der Waals surface area contributed by atoms with Crippen LogP contribution in [0.15, 0.2) is 0 Å². The predicted molar refractivity (Wildman–Crippen MR) is 48.4 cm³/mol. The van der Waals surface area contributed by atoms with Gasteiger partial charge in [-0.3, -0.25) is 0 Å². The summed E-state index contributed by atoms with van der Waals surface area (Å²) < 4.78 is 0. The summed E-state index contributed by atoms with van der Waals surface area (Å²) in [5, 5.41) is 17.2. The second kappa shape index (κ2) is 3.75. The maximum Gasteiger partial charge on any atom is 0.227 e. The van der Waals surface area contributed by atoms with Gasteiger partial charge in [0.1, 0.15) is 0 Å². The average Bonchev–Trinajstić information content (AvgIpc) is 2.15. The van der Waals surface area contributed by atoms with Crippen LogP contribution in [0.25, 0.3) is 0 Å². The lowest BCUT2D eigenvalue weighted by molar-refractivity contribution is 0.704. The fourth-order valence-corrected chi connectivity index (χ4v) is 1.04. The molecule has 0 saturated heterocycles. The maximum atomic E-state index is 8.76. The average molecular weight is 228 g/mol. The molecule has 0 unspecified atom stereocenters. The van der Waals surface area contributed by atoms with Gasteiger partial charge in [0, 0.05) is 0 Å². The fourth-order valence-electron chi connectivity index (χ4n) is 0.675. The van der Waals surface area contributed by atoms with E-state index in [0.717, 1.165) is 0 Å². The van der Waals surface area contributed by atoms with E-state index in [1.165, 1.54) is 6.92 Å². The lowest BCUT2D eigenvalue weighted by atomic mass is 9.94. The van der Waals surface area contributed by atoms with Gasteiger partial charge in [-0.05, 0) is 30.1 Å². The summed E-state index contributed by atoms with van der Waals surface area (Å²) in [6.07, 6.45) is 0. The minimum Gasteiger partial charge on any atom is -0.200 e. The first-order valence-electron chi connectivity index (χ1n) is 3.42. The van der Waals surface area contributed by atoms with E-state index in [2.05, 4.69) is 15.0 Å². The molecule has 1 aromatic heterocycles. The van der Waals surface area contributed by atoms with Crippen molar-refractivity contribution in [3.8, 4) is 12.1 Å². The van der Waals surface area contributed by atoms with E-state index in [0.29, 0.717) is 0 Å². The Morgan fingerprint density at radius 1 is 1.07 bits per heavy atom. The summed E-state index contributed by atoms with van der Waals surface area (Å²) in [7, 11) is 0. The van der Waals surface area contributed by atoms with E-state index in [1.54, 1.807) is 12.1 Å². The number of aromatic nitrogens is 3. The van der Waals surface area contributed by atoms with Crippen LogP contribution in [0, 0.1) is 22.7 Å². The monoisotopic (exact) mass is 227 g/mol. The first-order chi connectivity index (χ1) is 6.51. The molecular formula is C7H3Cl2N5. The van der Waals surface area contributed by atoms with Crippen LogP contribution in [-0.2, 0) is 5.41 Å². The molecule has 0 N–H and O–H groups in total. The van der Waals surface area contributed by atoms with Crippen molar-refractivity contribution >= 4 is 23.2 Å². The van der Waals surface area contributed by atoms with E-state index in [9.17, 15) is 0 Å². The highest BCUT2D eigenvalue weighted by atomic mass is 35.5. The summed E-state index contributed by atoms with van der Waals surface area (Å²) in [5.41, 5.74) is -1.46. The minimum absolute atomic E-state index is 0.0486. The zero-order chi connectivity index (χ0) is 10.8. The van der Waals surface area contributed by atoms with Crippen LogP contribution < -0.4 is 0 Å². The standard InChI is InChI=1S/C7H3Cl2N5/c1-7(2-10,3-11)4-12-5(8)14-6(9)13-4/h1H3. The smallest absolute Gasteiger partial charge is 0.200 e. The van der Waals surface area contributed by atoms with Crippen LogP contribution >= 0.6 is 23.2 Å². The first-order valence-corrected chi connectivity index (χ1v) is 4.17. The normalized spacial score (nSPS) is 10.4. The van der Waals surface area contributed by atoms with Crippen molar-refractivity contribution in [2.75, 3.05) is 0 Å². The Balaban J connectivity index is 3.35. The SMILES string of the molecule is CC(C#N)(C#N)c1nc(Cl)nc(Cl)n1. The van der Waals surface area contributed by atoms with Gasteiger partial charge in [0.05, 0.1) is 12.1 Å². The van der Waals surface area contributed by atoms with Crippen LogP contribution in [0.1, 0.15) is 12.7 Å². The molecule has 0 aromatic carbocycles. The number of nitrogens with zero attached hydrogens (tertiary/aromatic N) is 5. The van der Waals surface area contributed by atoms with Gasteiger partial charge in [-0.2, -0.15) is 25.5 Å². The molecule has 0 bridgehead atoms. The quantitative estimate of drug-likeness (QED) is 0.726. The minimum atomic E-state index is -1.46. The van der Waals surface area contributed by atoms with Crippen molar-refractivity contribution in [2.24, 2.45) is 0 Å². The molecule has 0 atom stereocenters. The second-order valence-corrected chi connectivity index (χ2v) is 3.22. The van der Waals surface area contributed by atoms with Crippen LogP contribution in [-0.4, -0.2) is 15.0 Å². The molecule has 0 aliphatic heterocycles. The summed E-state index contributed by atoms with van der Waals surface area (Å²) in [6, 6.07) is 3.54. The number of hydrogen-bond acceptors (Lipinski definition) is 5. The molecule has 1 heterocycles. The van der Waals surface area contributed by atoms with Gasteiger partial charge >= 0.3 is 0 Å². The summed E-state index contributed by atoms with van der Waals surface area (Å²) in [4.78, 5) is 10.8. The zero-order valence-electron chi connectivity index (χ0n) is 6.99. The molecule has 0 aliphatic rings. The highest BCUT2D eigenvalue weighted by Crippen LogP contribution is 2.20. The molecule has 70 valence electrons. The number of rotatable bonds is 1. The van der Waals surface area contributed by atoms with Crippen molar-refractivity contribution in [2.45, 2.75) is 12.3 Å². The third-order valence-electron chi connectivity index (χ3n) is 1.48. The van der Waals surface area contributed by atoms with Crippen LogP contribution in [0.3, 0.4) is 0 Å². The van der Waals surface area contributed by atoms with Gasteiger partial charge in [0.25, 0.3) is 0 Å². The summed E-state index contributed by atoms with van der Waals surface area (Å²) >= 11 is 11.0. The molecule has 7 heteroatoms. The predicted octanol–water partition coefficient (Wildman–Crippen LogP) is 1.48. The molecular weight excluding hydrogens is 225 g/mol. The first kappa shape index (κ1) is 10.6. The lowest BCUT2D eigenvalue weighted by Crippen LogP contribution is -2.21. The highest BCUT2D eigenvalue weighted by Gasteiger charge is 2.30. The van der Waals surface area contributed by atoms with Crippen molar-refractivity contribution in [1.29, 1.82) is 10.5 Å². The van der Waals surface area contributed by atoms with Crippen molar-refractivity contribution in [1.82, 2.24) is 15.0 Å². The van der Waals surface area contributed by atoms with Crippen LogP contribution in [0.2, 0.25) is 10.6 Å².